The first-order chi connectivity index (χ1) is 6.61. The van der Waals surface area contributed by atoms with Crippen LogP contribution in [0.2, 0.25) is 0 Å². The monoisotopic (exact) mass is 198 g/mol. The Balaban J connectivity index is 0. The van der Waals surface area contributed by atoms with Gasteiger partial charge in [0, 0.05) is 12.2 Å². The summed E-state index contributed by atoms with van der Waals surface area (Å²) in [6.07, 6.45) is 3.52. The number of hydrogen-bond donors (Lipinski definition) is 0. The van der Waals surface area contributed by atoms with Gasteiger partial charge in [-0.25, -0.2) is 0 Å². The third kappa shape index (κ3) is 6.90. The Hall–Kier alpha value is -1.78. The van der Waals surface area contributed by atoms with Crippen molar-refractivity contribution in [1.29, 1.82) is 0 Å². The Bertz CT molecular complexity index is 267. The molecule has 0 unspecified atom stereocenters. The van der Waals surface area contributed by atoms with Gasteiger partial charge in [-0.1, -0.05) is 20.4 Å². The minimum Gasteiger partial charge on any atom is -0.258 e. The highest BCUT2D eigenvalue weighted by Gasteiger charge is 2.01. The zero-order valence-electron chi connectivity index (χ0n) is 8.56. The van der Waals surface area contributed by atoms with Crippen LogP contribution in [0.1, 0.15) is 20.8 Å². The average Bonchev–Trinajstić information content (AvgIpc) is 2.21. The molecule has 0 radical (unpaired) electrons. The van der Waals surface area contributed by atoms with E-state index in [1.807, 2.05) is 13.8 Å². The highest BCUT2D eigenvalue weighted by atomic mass is 16.6. The quantitative estimate of drug-likeness (QED) is 0.301. The molecule has 0 fully saturated rings. The second kappa shape index (κ2) is 9.31. The lowest BCUT2D eigenvalue weighted by atomic mass is 10.3. The van der Waals surface area contributed by atoms with Crippen molar-refractivity contribution >= 4 is 0 Å². The topological polar surface area (TPSA) is 72.6 Å². The molecule has 5 nitrogen and oxygen atoms in total. The van der Waals surface area contributed by atoms with Gasteiger partial charge in [0.05, 0.1) is 10.6 Å². The fourth-order valence-corrected chi connectivity index (χ4v) is 0.440. The fraction of sp³-hybridized carbons (Fsp3) is 0.333. The summed E-state index contributed by atoms with van der Waals surface area (Å²) in [7, 11) is 0. The number of allylic oxidation sites excluding steroid dienone is 4. The molecule has 0 aliphatic heterocycles. The van der Waals surface area contributed by atoms with E-state index < -0.39 is 4.92 Å². The Morgan fingerprint density at radius 2 is 1.93 bits per heavy atom. The van der Waals surface area contributed by atoms with E-state index in [-0.39, 0.29) is 11.4 Å². The maximum atomic E-state index is 10.2. The highest BCUT2D eigenvalue weighted by molar-refractivity contribution is 5.18. The maximum Gasteiger partial charge on any atom is 0.268 e. The predicted octanol–water partition coefficient (Wildman–Crippen LogP) is 3.03. The summed E-state index contributed by atoms with van der Waals surface area (Å²) in [5.74, 6) is 0. The summed E-state index contributed by atoms with van der Waals surface area (Å²) in [6, 6.07) is 0. The lowest BCUT2D eigenvalue weighted by molar-refractivity contribution is -0.418. The summed E-state index contributed by atoms with van der Waals surface area (Å²) in [6.45, 7) is 8.69. The first-order valence-electron chi connectivity index (χ1n) is 4.10. The van der Waals surface area contributed by atoms with Gasteiger partial charge in [-0.15, -0.1) is 4.91 Å². The second-order valence-electron chi connectivity index (χ2n) is 1.95. The van der Waals surface area contributed by atoms with Crippen LogP contribution in [0.25, 0.3) is 0 Å². The highest BCUT2D eigenvalue weighted by Crippen LogP contribution is 2.00. The van der Waals surface area contributed by atoms with Crippen molar-refractivity contribution in [3.05, 3.63) is 51.2 Å². The summed E-state index contributed by atoms with van der Waals surface area (Å²) in [5, 5.41) is 12.7. The molecule has 0 aliphatic rings. The molecule has 0 heterocycles. The van der Waals surface area contributed by atoms with Crippen LogP contribution < -0.4 is 0 Å². The molecule has 0 saturated heterocycles. The second-order valence-corrected chi connectivity index (χ2v) is 1.95. The van der Waals surface area contributed by atoms with Crippen LogP contribution in [0.3, 0.4) is 0 Å². The number of nitro groups is 1. The average molecular weight is 198 g/mol. The van der Waals surface area contributed by atoms with Crippen LogP contribution >= 0.6 is 0 Å². The molecule has 0 atom stereocenters. The third-order valence-electron chi connectivity index (χ3n) is 1.06. The standard InChI is InChI=1S/C7H8N2O3.C2H6/c1-3-7(9(11)12)5-4-6(2)8-10;1-2/h3-5H,1H2,2H3;1-2H3/b6-4+,7-5+;. The molecule has 0 aromatic rings. The summed E-state index contributed by atoms with van der Waals surface area (Å²) in [5.41, 5.74) is 0.00852. The smallest absolute Gasteiger partial charge is 0.258 e. The Morgan fingerprint density at radius 1 is 1.43 bits per heavy atom. The van der Waals surface area contributed by atoms with E-state index in [1.165, 1.54) is 19.1 Å². The molecule has 0 bridgehead atoms. The molecule has 0 saturated carbocycles. The Kier molecular flexibility index (Phi) is 9.79. The van der Waals surface area contributed by atoms with Crippen LogP contribution in [-0.4, -0.2) is 4.92 Å². The fourth-order valence-electron chi connectivity index (χ4n) is 0.440. The van der Waals surface area contributed by atoms with Crippen molar-refractivity contribution in [2.45, 2.75) is 20.8 Å². The zero-order valence-corrected chi connectivity index (χ0v) is 8.56. The van der Waals surface area contributed by atoms with Gasteiger partial charge < -0.3 is 0 Å². The number of hydrogen-bond acceptors (Lipinski definition) is 4. The molecule has 14 heavy (non-hydrogen) atoms. The molecule has 5 heteroatoms. The van der Waals surface area contributed by atoms with Crippen molar-refractivity contribution in [2.75, 3.05) is 0 Å². The van der Waals surface area contributed by atoms with Crippen LogP contribution in [0.15, 0.2) is 41.4 Å². The summed E-state index contributed by atoms with van der Waals surface area (Å²) < 4.78 is 0. The molecule has 0 aromatic carbocycles. The summed E-state index contributed by atoms with van der Waals surface area (Å²) >= 11 is 0. The van der Waals surface area contributed by atoms with Crippen molar-refractivity contribution < 1.29 is 4.92 Å². The van der Waals surface area contributed by atoms with Gasteiger partial charge in [0.1, 0.15) is 0 Å². The zero-order chi connectivity index (χ0) is 11.6. The van der Waals surface area contributed by atoms with Crippen LogP contribution in [0.5, 0.6) is 0 Å². The Labute approximate surface area is 82.9 Å². The van der Waals surface area contributed by atoms with E-state index in [0.717, 1.165) is 6.08 Å². The van der Waals surface area contributed by atoms with Gasteiger partial charge in [-0.3, -0.25) is 10.1 Å². The van der Waals surface area contributed by atoms with E-state index in [2.05, 4.69) is 11.8 Å². The first kappa shape index (κ1) is 14.7. The van der Waals surface area contributed by atoms with Gasteiger partial charge in [0.25, 0.3) is 5.70 Å². The van der Waals surface area contributed by atoms with Crippen molar-refractivity contribution in [1.82, 2.24) is 0 Å². The molecular formula is C9H14N2O3. The molecular weight excluding hydrogens is 184 g/mol. The van der Waals surface area contributed by atoms with Crippen LogP contribution in [0, 0.1) is 15.0 Å². The van der Waals surface area contributed by atoms with E-state index in [4.69, 9.17) is 0 Å². The van der Waals surface area contributed by atoms with Gasteiger partial charge >= 0.3 is 0 Å². The first-order valence-corrected chi connectivity index (χ1v) is 4.10. The van der Waals surface area contributed by atoms with Gasteiger partial charge in [-0.2, -0.15) is 0 Å². The molecule has 0 aromatic heterocycles. The van der Waals surface area contributed by atoms with E-state index in [9.17, 15) is 15.0 Å². The third-order valence-corrected chi connectivity index (χ3v) is 1.06. The predicted molar refractivity (Wildman–Crippen MR) is 56.2 cm³/mol. The molecule has 0 N–H and O–H groups in total. The van der Waals surface area contributed by atoms with E-state index in [0.29, 0.717) is 0 Å². The lowest BCUT2D eigenvalue weighted by Crippen LogP contribution is -1.93. The normalized spacial score (nSPS) is 11.1. The number of nitrogens with zero attached hydrogens (tertiary/aromatic N) is 2. The minimum absolute atomic E-state index is 0.169. The Morgan fingerprint density at radius 3 is 2.21 bits per heavy atom. The van der Waals surface area contributed by atoms with Gasteiger partial charge in [0.2, 0.25) is 0 Å². The van der Waals surface area contributed by atoms with Gasteiger partial charge in [0.15, 0.2) is 0 Å². The SMILES string of the molecule is C=C/C(=C\C=C(/C)N=O)[N+](=O)[O-].CC. The molecule has 0 rings (SSSR count). The number of nitroso groups, excluding NO2 is 1. The van der Waals surface area contributed by atoms with Gasteiger partial charge in [-0.05, 0) is 18.2 Å². The van der Waals surface area contributed by atoms with Crippen molar-refractivity contribution in [3.8, 4) is 0 Å². The summed E-state index contributed by atoms with van der Waals surface area (Å²) in [4.78, 5) is 19.4. The lowest BCUT2D eigenvalue weighted by Gasteiger charge is -1.86. The van der Waals surface area contributed by atoms with Crippen LogP contribution in [0.4, 0.5) is 0 Å². The van der Waals surface area contributed by atoms with E-state index in [1.54, 1.807) is 0 Å². The van der Waals surface area contributed by atoms with Crippen molar-refractivity contribution in [2.24, 2.45) is 5.18 Å². The molecule has 78 valence electrons. The maximum absolute atomic E-state index is 10.2. The van der Waals surface area contributed by atoms with Crippen LogP contribution in [-0.2, 0) is 0 Å². The largest absolute Gasteiger partial charge is 0.268 e. The number of rotatable bonds is 4. The molecule has 0 amide bonds. The molecule has 0 aliphatic carbocycles. The minimum atomic E-state index is -0.596. The van der Waals surface area contributed by atoms with E-state index >= 15 is 0 Å². The molecule has 0 spiro atoms. The van der Waals surface area contributed by atoms with Crippen molar-refractivity contribution in [3.63, 3.8) is 0 Å².